The summed E-state index contributed by atoms with van der Waals surface area (Å²) in [5.41, 5.74) is 2.54. The number of benzene rings is 1. The Morgan fingerprint density at radius 3 is 2.27 bits per heavy atom. The minimum absolute atomic E-state index is 0.0131. The molecule has 1 saturated carbocycles. The highest BCUT2D eigenvalue weighted by molar-refractivity contribution is 5.87. The molecule has 2 amide bonds. The molecule has 5 heteroatoms. The first-order valence-electron chi connectivity index (χ1n) is 9.92. The van der Waals surface area contributed by atoms with Crippen LogP contribution >= 0.6 is 0 Å². The van der Waals surface area contributed by atoms with Crippen LogP contribution in [0.15, 0.2) is 24.3 Å². The number of carbonyl (C=O) groups is 2. The highest BCUT2D eigenvalue weighted by Crippen LogP contribution is 2.31. The summed E-state index contributed by atoms with van der Waals surface area (Å²) >= 11 is 0. The Bertz CT molecular complexity index is 638. The predicted molar refractivity (Wildman–Crippen MR) is 104 cm³/mol. The number of piperidine rings is 1. The van der Waals surface area contributed by atoms with Crippen molar-refractivity contribution in [2.24, 2.45) is 11.8 Å². The number of carbonyl (C=O) groups excluding carboxylic acids is 2. The molecule has 0 radical (unpaired) electrons. The van der Waals surface area contributed by atoms with E-state index in [9.17, 15) is 9.59 Å². The van der Waals surface area contributed by atoms with E-state index in [0.29, 0.717) is 0 Å². The van der Waals surface area contributed by atoms with Crippen LogP contribution in [-0.4, -0.2) is 38.0 Å². The average molecular weight is 357 g/mol. The van der Waals surface area contributed by atoms with E-state index in [1.54, 1.807) is 7.05 Å². The van der Waals surface area contributed by atoms with Gasteiger partial charge in [-0.25, -0.2) is 0 Å². The predicted octanol–water partition coefficient (Wildman–Crippen LogP) is 2.63. The normalized spacial score (nSPS) is 24.2. The lowest BCUT2D eigenvalue weighted by Gasteiger charge is -2.36. The second-order valence-corrected chi connectivity index (χ2v) is 7.72. The summed E-state index contributed by atoms with van der Waals surface area (Å²) in [5.74, 6) is -0.244. The number of amides is 2. The molecule has 0 bridgehead atoms. The summed E-state index contributed by atoms with van der Waals surface area (Å²) < 4.78 is 0. The minimum atomic E-state index is -0.168. The number of aryl methyl sites for hydroxylation is 1. The lowest BCUT2D eigenvalue weighted by atomic mass is 9.78. The van der Waals surface area contributed by atoms with Crippen LogP contribution < -0.4 is 15.5 Å². The summed E-state index contributed by atoms with van der Waals surface area (Å²) in [6.07, 6.45) is 5.64. The first kappa shape index (κ1) is 18.7. The summed E-state index contributed by atoms with van der Waals surface area (Å²) in [6.45, 7) is 4.03. The number of anilines is 1. The fraction of sp³-hybridized carbons (Fsp3) is 0.619. The molecule has 3 rings (SSSR count). The molecule has 2 N–H and O–H groups in total. The largest absolute Gasteiger partial charge is 0.371 e. The third kappa shape index (κ3) is 4.37. The zero-order valence-corrected chi connectivity index (χ0v) is 16.0. The van der Waals surface area contributed by atoms with Gasteiger partial charge in [0.15, 0.2) is 0 Å². The van der Waals surface area contributed by atoms with Gasteiger partial charge in [0, 0.05) is 43.7 Å². The molecule has 2 unspecified atom stereocenters. The Kier molecular flexibility index (Phi) is 6.17. The maximum Gasteiger partial charge on any atom is 0.224 e. The van der Waals surface area contributed by atoms with Crippen molar-refractivity contribution in [3.63, 3.8) is 0 Å². The van der Waals surface area contributed by atoms with Gasteiger partial charge in [0.05, 0.1) is 0 Å². The van der Waals surface area contributed by atoms with Crippen molar-refractivity contribution in [2.75, 3.05) is 25.0 Å². The third-order valence-electron chi connectivity index (χ3n) is 5.89. The van der Waals surface area contributed by atoms with Gasteiger partial charge in [0.2, 0.25) is 11.8 Å². The third-order valence-corrected chi connectivity index (χ3v) is 5.89. The molecule has 5 nitrogen and oxygen atoms in total. The molecule has 0 aromatic heterocycles. The molecule has 2 aliphatic rings. The van der Waals surface area contributed by atoms with Gasteiger partial charge in [-0.05, 0) is 50.3 Å². The average Bonchev–Trinajstić information content (AvgIpc) is 2.68. The molecule has 26 heavy (non-hydrogen) atoms. The second kappa shape index (κ2) is 8.56. The number of nitrogens with one attached hydrogen (secondary N) is 2. The second-order valence-electron chi connectivity index (χ2n) is 7.72. The fourth-order valence-corrected chi connectivity index (χ4v) is 4.36. The Morgan fingerprint density at radius 2 is 1.65 bits per heavy atom. The van der Waals surface area contributed by atoms with Gasteiger partial charge in [-0.15, -0.1) is 0 Å². The SMILES string of the molecule is CNC(=O)C1CCCCC1C(=O)NC1CCN(c2cccc(C)c2)CC1. The fourth-order valence-electron chi connectivity index (χ4n) is 4.36. The Labute approximate surface area is 156 Å². The van der Waals surface area contributed by atoms with Gasteiger partial charge < -0.3 is 15.5 Å². The molecule has 1 saturated heterocycles. The van der Waals surface area contributed by atoms with E-state index < -0.39 is 0 Å². The molecule has 1 aliphatic carbocycles. The van der Waals surface area contributed by atoms with Crippen molar-refractivity contribution < 1.29 is 9.59 Å². The van der Waals surface area contributed by atoms with E-state index >= 15 is 0 Å². The van der Waals surface area contributed by atoms with Crippen molar-refractivity contribution in [3.05, 3.63) is 29.8 Å². The smallest absolute Gasteiger partial charge is 0.224 e. The van der Waals surface area contributed by atoms with Crippen molar-refractivity contribution in [2.45, 2.75) is 51.5 Å². The van der Waals surface area contributed by atoms with Crippen LogP contribution in [0.3, 0.4) is 0 Å². The van der Waals surface area contributed by atoms with Crippen LogP contribution in [0.1, 0.15) is 44.1 Å². The van der Waals surface area contributed by atoms with Crippen LogP contribution in [0, 0.1) is 18.8 Å². The van der Waals surface area contributed by atoms with E-state index in [1.807, 2.05) is 0 Å². The topological polar surface area (TPSA) is 61.4 Å². The van der Waals surface area contributed by atoms with Crippen molar-refractivity contribution in [3.8, 4) is 0 Å². The van der Waals surface area contributed by atoms with Crippen molar-refractivity contribution >= 4 is 17.5 Å². The molecule has 1 aliphatic heterocycles. The summed E-state index contributed by atoms with van der Waals surface area (Å²) in [6, 6.07) is 8.80. The maximum absolute atomic E-state index is 12.8. The lowest BCUT2D eigenvalue weighted by molar-refractivity contribution is -0.136. The van der Waals surface area contributed by atoms with Crippen LogP contribution in [0.5, 0.6) is 0 Å². The van der Waals surface area contributed by atoms with Crippen molar-refractivity contribution in [1.82, 2.24) is 10.6 Å². The monoisotopic (exact) mass is 357 g/mol. The van der Waals surface area contributed by atoms with E-state index in [0.717, 1.165) is 51.6 Å². The molecule has 1 heterocycles. The molecule has 0 spiro atoms. The summed E-state index contributed by atoms with van der Waals surface area (Å²) in [4.78, 5) is 27.3. The molecule has 1 aromatic rings. The standard InChI is InChI=1S/C21H31N3O2/c1-15-6-5-7-17(14-15)24-12-10-16(11-13-24)23-21(26)19-9-4-3-8-18(19)20(25)22-2/h5-7,14,16,18-19H,3-4,8-13H2,1-2H3,(H,22,25)(H,23,26). The Hall–Kier alpha value is -2.04. The zero-order valence-electron chi connectivity index (χ0n) is 16.0. The molecule has 2 atom stereocenters. The van der Waals surface area contributed by atoms with E-state index in [1.165, 1.54) is 11.3 Å². The van der Waals surface area contributed by atoms with Gasteiger partial charge in [0.25, 0.3) is 0 Å². The zero-order chi connectivity index (χ0) is 18.5. The van der Waals surface area contributed by atoms with E-state index in [2.05, 4.69) is 46.7 Å². The van der Waals surface area contributed by atoms with E-state index in [-0.39, 0.29) is 29.7 Å². The Balaban J connectivity index is 1.53. The first-order chi connectivity index (χ1) is 12.6. The van der Waals surface area contributed by atoms with Gasteiger partial charge in [0.1, 0.15) is 0 Å². The minimum Gasteiger partial charge on any atom is -0.371 e. The highest BCUT2D eigenvalue weighted by Gasteiger charge is 2.36. The molecular weight excluding hydrogens is 326 g/mol. The van der Waals surface area contributed by atoms with E-state index in [4.69, 9.17) is 0 Å². The highest BCUT2D eigenvalue weighted by atomic mass is 16.2. The number of nitrogens with zero attached hydrogens (tertiary/aromatic N) is 1. The van der Waals surface area contributed by atoms with Crippen LogP contribution in [0.2, 0.25) is 0 Å². The van der Waals surface area contributed by atoms with Gasteiger partial charge in [-0.2, -0.15) is 0 Å². The molecule has 1 aromatic carbocycles. The summed E-state index contributed by atoms with van der Waals surface area (Å²) in [5, 5.41) is 5.96. The van der Waals surface area contributed by atoms with Gasteiger partial charge in [-0.3, -0.25) is 9.59 Å². The van der Waals surface area contributed by atoms with Gasteiger partial charge >= 0.3 is 0 Å². The number of hydrogen-bond acceptors (Lipinski definition) is 3. The van der Waals surface area contributed by atoms with Gasteiger partial charge in [-0.1, -0.05) is 25.0 Å². The van der Waals surface area contributed by atoms with Crippen LogP contribution in [0.25, 0.3) is 0 Å². The number of hydrogen-bond donors (Lipinski definition) is 2. The molecule has 142 valence electrons. The van der Waals surface area contributed by atoms with Crippen molar-refractivity contribution in [1.29, 1.82) is 0 Å². The summed E-state index contributed by atoms with van der Waals surface area (Å²) in [7, 11) is 1.66. The quantitative estimate of drug-likeness (QED) is 0.871. The molecular formula is C21H31N3O2. The lowest BCUT2D eigenvalue weighted by Crippen LogP contribution is -2.49. The van der Waals surface area contributed by atoms with Crippen LogP contribution in [-0.2, 0) is 9.59 Å². The number of rotatable bonds is 4. The van der Waals surface area contributed by atoms with Crippen LogP contribution in [0.4, 0.5) is 5.69 Å². The Morgan fingerprint density at radius 1 is 1.00 bits per heavy atom. The maximum atomic E-state index is 12.8. The first-order valence-corrected chi connectivity index (χ1v) is 9.92. The molecule has 2 fully saturated rings.